The van der Waals surface area contributed by atoms with E-state index >= 15 is 0 Å². The highest BCUT2D eigenvalue weighted by atomic mass is 35.6. The molecule has 4 rings (SSSR count). The Morgan fingerprint density at radius 1 is 0.700 bits per heavy atom. The summed E-state index contributed by atoms with van der Waals surface area (Å²) < 4.78 is -1.63. The maximum atomic E-state index is 6.20. The lowest BCUT2D eigenvalue weighted by atomic mass is 10.2. The Hall–Kier alpha value is -1.83. The van der Waals surface area contributed by atoms with Crippen molar-refractivity contribution in [1.82, 2.24) is 9.97 Å². The number of aromatic amines is 1. The molecule has 0 aliphatic heterocycles. The van der Waals surface area contributed by atoms with Crippen molar-refractivity contribution >= 4 is 63.4 Å². The smallest absolute Gasteiger partial charge is 0.248 e. The number of nitrogens with one attached hydrogen (secondary N) is 1. The molecule has 1 N–H and O–H groups in total. The van der Waals surface area contributed by atoms with Crippen LogP contribution >= 0.6 is 42.1 Å². The molecule has 152 valence electrons. The van der Waals surface area contributed by atoms with Gasteiger partial charge < -0.3 is 4.98 Å². The van der Waals surface area contributed by atoms with E-state index in [9.17, 15) is 0 Å². The van der Waals surface area contributed by atoms with Crippen LogP contribution in [0.3, 0.4) is 0 Å². The van der Waals surface area contributed by atoms with Crippen LogP contribution in [0.15, 0.2) is 84.9 Å². The van der Waals surface area contributed by atoms with Crippen LogP contribution in [-0.4, -0.2) is 9.97 Å². The van der Waals surface area contributed by atoms with Crippen LogP contribution in [0.1, 0.15) is 17.1 Å². The SMILES string of the molecule is Cc1ccc([P+](c2ccccc2)(c2ccccc2)c2nc(C(Cl)(Cl)Cl)[nH]c2C)cc1. The van der Waals surface area contributed by atoms with E-state index in [4.69, 9.17) is 39.8 Å². The second-order valence-corrected chi connectivity index (χ2v) is 12.8. The lowest BCUT2D eigenvalue weighted by Gasteiger charge is -2.26. The Morgan fingerprint density at radius 2 is 1.17 bits per heavy atom. The average molecular weight is 475 g/mol. The summed E-state index contributed by atoms with van der Waals surface area (Å²) in [6.07, 6.45) is 0. The van der Waals surface area contributed by atoms with Crippen LogP contribution in [-0.2, 0) is 3.79 Å². The number of aromatic nitrogens is 2. The molecule has 30 heavy (non-hydrogen) atoms. The zero-order valence-corrected chi connectivity index (χ0v) is 19.8. The lowest BCUT2D eigenvalue weighted by molar-refractivity contribution is 1.02. The highest BCUT2D eigenvalue weighted by Crippen LogP contribution is 2.55. The van der Waals surface area contributed by atoms with Crippen molar-refractivity contribution in [3.63, 3.8) is 0 Å². The Morgan fingerprint density at radius 3 is 1.60 bits per heavy atom. The van der Waals surface area contributed by atoms with E-state index in [2.05, 4.69) is 84.7 Å². The fourth-order valence-electron chi connectivity index (χ4n) is 3.80. The highest BCUT2D eigenvalue weighted by molar-refractivity contribution is 8.01. The molecule has 0 spiro atoms. The number of aryl methyl sites for hydroxylation is 2. The predicted octanol–water partition coefficient (Wildman–Crippen LogP) is 5.47. The van der Waals surface area contributed by atoms with Gasteiger partial charge in [0, 0.05) is 0 Å². The minimum Gasteiger partial charge on any atom is -0.339 e. The predicted molar refractivity (Wildman–Crippen MR) is 132 cm³/mol. The molecule has 0 aliphatic carbocycles. The number of H-pyrrole nitrogens is 1. The summed E-state index contributed by atoms with van der Waals surface area (Å²) in [4.78, 5) is 8.13. The fraction of sp³-hybridized carbons (Fsp3) is 0.125. The van der Waals surface area contributed by atoms with Crippen molar-refractivity contribution in [3.8, 4) is 0 Å². The molecule has 0 bridgehead atoms. The summed E-state index contributed by atoms with van der Waals surface area (Å²) in [5.74, 6) is 0.336. The normalized spacial score (nSPS) is 12.2. The van der Waals surface area contributed by atoms with Crippen LogP contribution < -0.4 is 21.3 Å². The minimum atomic E-state index is -2.33. The number of hydrogen-bond donors (Lipinski definition) is 1. The zero-order chi connectivity index (χ0) is 21.4. The van der Waals surface area contributed by atoms with Gasteiger partial charge in [0.15, 0.2) is 13.1 Å². The molecule has 3 aromatic carbocycles. The van der Waals surface area contributed by atoms with Crippen molar-refractivity contribution in [3.05, 3.63) is 102 Å². The first kappa shape index (κ1) is 21.4. The van der Waals surface area contributed by atoms with E-state index in [1.165, 1.54) is 21.5 Å². The second kappa shape index (κ2) is 8.36. The molecule has 0 saturated heterocycles. The standard InChI is InChI=1S/C24H21Cl3N2P/c1-17-13-15-21(16-14-17)30(19-9-5-3-6-10-19,20-11-7-4-8-12-20)22-18(2)28-23(29-22)24(25,26)27/h3-16H,1-2H3,(H,28,29)/q+1. The van der Waals surface area contributed by atoms with Gasteiger partial charge in [-0.05, 0) is 50.2 Å². The second-order valence-electron chi connectivity index (χ2n) is 7.21. The van der Waals surface area contributed by atoms with Crippen LogP contribution in [0.2, 0.25) is 0 Å². The third kappa shape index (κ3) is 3.79. The monoisotopic (exact) mass is 473 g/mol. The van der Waals surface area contributed by atoms with E-state index in [1.54, 1.807) is 0 Å². The van der Waals surface area contributed by atoms with Gasteiger partial charge in [-0.3, -0.25) is 0 Å². The first-order chi connectivity index (χ1) is 14.3. The minimum absolute atomic E-state index is 0.336. The molecule has 1 heterocycles. The first-order valence-corrected chi connectivity index (χ1v) is 12.5. The number of rotatable bonds is 4. The highest BCUT2D eigenvalue weighted by Gasteiger charge is 2.52. The largest absolute Gasteiger partial charge is 0.339 e. The number of imidazole rings is 1. The molecule has 2 nitrogen and oxygen atoms in total. The molecule has 0 atom stereocenters. The molecule has 4 aromatic rings. The lowest BCUT2D eigenvalue weighted by Crippen LogP contribution is -2.40. The van der Waals surface area contributed by atoms with E-state index < -0.39 is 11.1 Å². The number of hydrogen-bond acceptors (Lipinski definition) is 1. The van der Waals surface area contributed by atoms with E-state index in [0.29, 0.717) is 5.82 Å². The third-order valence-electron chi connectivity index (χ3n) is 5.15. The Bertz CT molecular complexity index is 1100. The summed E-state index contributed by atoms with van der Waals surface area (Å²) in [5.41, 5.74) is 3.03. The van der Waals surface area contributed by atoms with Crippen molar-refractivity contribution in [2.45, 2.75) is 17.6 Å². The van der Waals surface area contributed by atoms with Crippen molar-refractivity contribution in [2.75, 3.05) is 0 Å². The number of alkyl halides is 3. The molecular formula is C24H21Cl3N2P+. The number of benzene rings is 3. The zero-order valence-electron chi connectivity index (χ0n) is 16.6. The Kier molecular flexibility index (Phi) is 5.97. The first-order valence-electron chi connectivity index (χ1n) is 9.55. The third-order valence-corrected chi connectivity index (χ3v) is 9.98. The maximum absolute atomic E-state index is 6.20. The van der Waals surface area contributed by atoms with E-state index in [1.807, 2.05) is 19.1 Å². The van der Waals surface area contributed by atoms with Gasteiger partial charge in [-0.1, -0.05) is 88.9 Å². The summed E-state index contributed by atoms with van der Waals surface area (Å²) in [7, 11) is -2.33. The molecule has 6 heteroatoms. The van der Waals surface area contributed by atoms with Gasteiger partial charge in [0.2, 0.25) is 9.23 Å². The summed E-state index contributed by atoms with van der Waals surface area (Å²) in [6.45, 7) is 4.09. The summed E-state index contributed by atoms with van der Waals surface area (Å²) in [6, 6.07) is 29.7. The quantitative estimate of drug-likeness (QED) is 0.308. The molecule has 0 aliphatic rings. The molecular weight excluding hydrogens is 454 g/mol. The molecule has 0 fully saturated rings. The Balaban J connectivity index is 2.14. The number of halogens is 3. The molecule has 1 aromatic heterocycles. The van der Waals surface area contributed by atoms with Crippen LogP contribution in [0, 0.1) is 13.8 Å². The van der Waals surface area contributed by atoms with Crippen molar-refractivity contribution in [1.29, 1.82) is 0 Å². The van der Waals surface area contributed by atoms with Crippen molar-refractivity contribution in [2.24, 2.45) is 0 Å². The molecule has 0 radical (unpaired) electrons. The summed E-state index contributed by atoms with van der Waals surface area (Å²) >= 11 is 18.6. The Labute approximate surface area is 192 Å². The van der Waals surface area contributed by atoms with Crippen molar-refractivity contribution < 1.29 is 0 Å². The van der Waals surface area contributed by atoms with Crippen LogP contribution in [0.5, 0.6) is 0 Å². The summed E-state index contributed by atoms with van der Waals surface area (Å²) in [5, 5.41) is 3.60. The maximum Gasteiger partial charge on any atom is 0.248 e. The topological polar surface area (TPSA) is 28.7 Å². The van der Waals surface area contributed by atoms with E-state index in [0.717, 1.165) is 11.1 Å². The average Bonchev–Trinajstić information content (AvgIpc) is 3.14. The van der Waals surface area contributed by atoms with Gasteiger partial charge in [-0.15, -0.1) is 0 Å². The van der Waals surface area contributed by atoms with Crippen LogP contribution in [0.25, 0.3) is 0 Å². The van der Waals surface area contributed by atoms with Gasteiger partial charge in [-0.2, -0.15) is 4.98 Å². The fourth-order valence-corrected chi connectivity index (χ4v) is 8.34. The van der Waals surface area contributed by atoms with Gasteiger partial charge >= 0.3 is 0 Å². The number of nitrogens with zero attached hydrogens (tertiary/aromatic N) is 1. The molecule has 0 amide bonds. The van der Waals surface area contributed by atoms with Gasteiger partial charge in [0.1, 0.15) is 15.9 Å². The van der Waals surface area contributed by atoms with Crippen LogP contribution in [0.4, 0.5) is 0 Å². The molecule has 0 unspecified atom stereocenters. The van der Waals surface area contributed by atoms with Gasteiger partial charge in [0.25, 0.3) is 0 Å². The van der Waals surface area contributed by atoms with E-state index in [-0.39, 0.29) is 0 Å². The molecule has 0 saturated carbocycles. The van der Waals surface area contributed by atoms with Gasteiger partial charge in [0.05, 0.1) is 5.69 Å². The van der Waals surface area contributed by atoms with Gasteiger partial charge in [-0.25, -0.2) is 0 Å².